The zero-order valence-electron chi connectivity index (χ0n) is 17.2. The highest BCUT2D eigenvalue weighted by atomic mass is 16.1. The summed E-state index contributed by atoms with van der Waals surface area (Å²) in [4.78, 5) is 20.0. The fourth-order valence-corrected chi connectivity index (χ4v) is 4.51. The zero-order valence-corrected chi connectivity index (χ0v) is 17.2. The summed E-state index contributed by atoms with van der Waals surface area (Å²) in [5.41, 5.74) is 6.82. The SMILES string of the molecule is Cc1[nH]c2c(C)ccc(C)c2c(=O)c1C[NH+]1CC[NH+](Cc2ccccc2)CC1. The number of fused-ring (bicyclic) bond motifs is 1. The first-order valence-electron chi connectivity index (χ1n) is 10.4. The number of quaternary nitrogens is 2. The molecular formula is C24H31N3O+2. The molecule has 0 aliphatic carbocycles. The predicted octanol–water partition coefficient (Wildman–Crippen LogP) is 0.937. The van der Waals surface area contributed by atoms with Gasteiger partial charge in [-0.2, -0.15) is 0 Å². The molecule has 3 N–H and O–H groups in total. The normalized spacial score (nSPS) is 19.8. The van der Waals surface area contributed by atoms with Gasteiger partial charge in [-0.3, -0.25) is 4.79 Å². The van der Waals surface area contributed by atoms with Crippen LogP contribution in [0.4, 0.5) is 0 Å². The maximum absolute atomic E-state index is 13.3. The molecule has 2 heterocycles. The highest BCUT2D eigenvalue weighted by molar-refractivity contribution is 5.85. The third-order valence-electron chi connectivity index (χ3n) is 6.28. The number of rotatable bonds is 4. The number of aryl methyl sites for hydroxylation is 3. The van der Waals surface area contributed by atoms with Gasteiger partial charge in [-0.1, -0.05) is 42.5 Å². The molecule has 4 heteroatoms. The van der Waals surface area contributed by atoms with Gasteiger partial charge in [0, 0.05) is 16.6 Å². The van der Waals surface area contributed by atoms with Crippen LogP contribution in [0.25, 0.3) is 10.9 Å². The van der Waals surface area contributed by atoms with Crippen molar-refractivity contribution in [3.63, 3.8) is 0 Å². The molecular weight excluding hydrogens is 346 g/mol. The van der Waals surface area contributed by atoms with Crippen LogP contribution in [0, 0.1) is 20.8 Å². The lowest BCUT2D eigenvalue weighted by molar-refractivity contribution is -1.02. The molecule has 0 bridgehead atoms. The van der Waals surface area contributed by atoms with Gasteiger partial charge in [0.1, 0.15) is 39.3 Å². The van der Waals surface area contributed by atoms with Crippen LogP contribution in [0.5, 0.6) is 0 Å². The van der Waals surface area contributed by atoms with Crippen molar-refractivity contribution in [2.45, 2.75) is 33.9 Å². The lowest BCUT2D eigenvalue weighted by Gasteiger charge is -2.30. The van der Waals surface area contributed by atoms with Crippen molar-refractivity contribution in [2.24, 2.45) is 0 Å². The molecule has 1 fully saturated rings. The van der Waals surface area contributed by atoms with Crippen LogP contribution in [0.2, 0.25) is 0 Å². The number of aromatic nitrogens is 1. The number of benzene rings is 2. The number of nitrogens with one attached hydrogen (secondary N) is 3. The summed E-state index contributed by atoms with van der Waals surface area (Å²) in [6, 6.07) is 14.9. The summed E-state index contributed by atoms with van der Waals surface area (Å²) in [5, 5.41) is 0.869. The van der Waals surface area contributed by atoms with E-state index >= 15 is 0 Å². The van der Waals surface area contributed by atoms with E-state index < -0.39 is 0 Å². The van der Waals surface area contributed by atoms with E-state index in [-0.39, 0.29) is 5.43 Å². The number of hydrogen-bond donors (Lipinski definition) is 3. The summed E-state index contributed by atoms with van der Waals surface area (Å²) < 4.78 is 0. The fraction of sp³-hybridized carbons (Fsp3) is 0.375. The van der Waals surface area contributed by atoms with Gasteiger partial charge in [-0.15, -0.1) is 0 Å². The Hall–Kier alpha value is -2.43. The highest BCUT2D eigenvalue weighted by Crippen LogP contribution is 2.18. The average molecular weight is 378 g/mol. The van der Waals surface area contributed by atoms with Crippen molar-refractivity contribution < 1.29 is 9.80 Å². The molecule has 1 saturated heterocycles. The van der Waals surface area contributed by atoms with Crippen molar-refractivity contribution in [2.75, 3.05) is 26.2 Å². The van der Waals surface area contributed by atoms with Gasteiger partial charge in [0.15, 0.2) is 5.43 Å². The van der Waals surface area contributed by atoms with Gasteiger partial charge in [0.2, 0.25) is 0 Å². The van der Waals surface area contributed by atoms with E-state index in [1.807, 2.05) is 13.8 Å². The Morgan fingerprint density at radius 2 is 1.43 bits per heavy atom. The molecule has 146 valence electrons. The van der Waals surface area contributed by atoms with Gasteiger partial charge in [0.25, 0.3) is 0 Å². The first kappa shape index (κ1) is 18.9. The minimum absolute atomic E-state index is 0.221. The molecule has 1 aliphatic heterocycles. The van der Waals surface area contributed by atoms with Crippen LogP contribution < -0.4 is 15.2 Å². The Morgan fingerprint density at radius 1 is 0.821 bits per heavy atom. The molecule has 0 spiro atoms. The molecule has 0 amide bonds. The number of piperazine rings is 1. The standard InChI is InChI=1S/C24H29N3O/c1-17-9-10-18(2)23-22(17)24(28)21(19(3)25-23)16-27-13-11-26(12-14-27)15-20-7-5-4-6-8-20/h4-10H,11-16H2,1-3H3,(H,25,28)/p+2. The van der Waals surface area contributed by atoms with E-state index in [1.54, 1.807) is 4.90 Å². The van der Waals surface area contributed by atoms with E-state index in [0.29, 0.717) is 0 Å². The predicted molar refractivity (Wildman–Crippen MR) is 114 cm³/mol. The molecule has 0 atom stereocenters. The summed E-state index contributed by atoms with van der Waals surface area (Å²) >= 11 is 0. The topological polar surface area (TPSA) is 41.7 Å². The van der Waals surface area contributed by atoms with E-state index in [4.69, 9.17) is 0 Å². The molecule has 0 saturated carbocycles. The quantitative estimate of drug-likeness (QED) is 0.622. The zero-order chi connectivity index (χ0) is 19.7. The Kier molecular flexibility index (Phi) is 5.33. The van der Waals surface area contributed by atoms with Crippen LogP contribution >= 0.6 is 0 Å². The summed E-state index contributed by atoms with van der Waals surface area (Å²) in [7, 11) is 0. The van der Waals surface area contributed by atoms with Crippen molar-refractivity contribution in [3.05, 3.63) is 80.6 Å². The lowest BCUT2D eigenvalue weighted by atomic mass is 10.0. The van der Waals surface area contributed by atoms with Crippen LogP contribution in [-0.4, -0.2) is 31.2 Å². The second kappa shape index (κ2) is 7.90. The minimum Gasteiger partial charge on any atom is -0.358 e. The van der Waals surface area contributed by atoms with E-state index in [1.165, 1.54) is 10.5 Å². The first-order chi connectivity index (χ1) is 13.5. The first-order valence-corrected chi connectivity index (χ1v) is 10.4. The van der Waals surface area contributed by atoms with Gasteiger partial charge in [-0.25, -0.2) is 0 Å². The van der Waals surface area contributed by atoms with E-state index in [2.05, 4.69) is 54.4 Å². The minimum atomic E-state index is 0.221. The number of aromatic amines is 1. The molecule has 28 heavy (non-hydrogen) atoms. The van der Waals surface area contributed by atoms with Crippen LogP contribution in [0.3, 0.4) is 0 Å². The van der Waals surface area contributed by atoms with Crippen LogP contribution in [0.1, 0.15) is 27.9 Å². The number of H-pyrrole nitrogens is 1. The van der Waals surface area contributed by atoms with Crippen LogP contribution in [-0.2, 0) is 13.1 Å². The van der Waals surface area contributed by atoms with Gasteiger partial charge in [-0.05, 0) is 31.9 Å². The van der Waals surface area contributed by atoms with Crippen molar-refractivity contribution >= 4 is 10.9 Å². The average Bonchev–Trinajstić information content (AvgIpc) is 2.70. The largest absolute Gasteiger partial charge is 0.358 e. The highest BCUT2D eigenvalue weighted by Gasteiger charge is 2.25. The van der Waals surface area contributed by atoms with Crippen molar-refractivity contribution in [1.82, 2.24) is 4.98 Å². The molecule has 0 unspecified atom stereocenters. The molecule has 3 aromatic rings. The molecule has 4 rings (SSSR count). The monoisotopic (exact) mass is 377 g/mol. The number of pyridine rings is 1. The van der Waals surface area contributed by atoms with Crippen molar-refractivity contribution in [3.8, 4) is 0 Å². The molecule has 1 aliphatic rings. The number of hydrogen-bond acceptors (Lipinski definition) is 1. The molecule has 2 aromatic carbocycles. The van der Waals surface area contributed by atoms with Gasteiger partial charge in [0.05, 0.1) is 11.1 Å². The second-order valence-electron chi connectivity index (χ2n) is 8.35. The maximum atomic E-state index is 13.3. The molecule has 0 radical (unpaired) electrons. The Labute approximate surface area is 166 Å². The smallest absolute Gasteiger partial charge is 0.198 e. The van der Waals surface area contributed by atoms with Gasteiger partial charge < -0.3 is 14.8 Å². The lowest BCUT2D eigenvalue weighted by Crippen LogP contribution is -3.27. The summed E-state index contributed by atoms with van der Waals surface area (Å²) in [6.45, 7) is 12.6. The fourth-order valence-electron chi connectivity index (χ4n) is 4.51. The third-order valence-corrected chi connectivity index (χ3v) is 6.28. The third kappa shape index (κ3) is 3.75. The summed E-state index contributed by atoms with van der Waals surface area (Å²) in [5.74, 6) is 0. The van der Waals surface area contributed by atoms with Crippen molar-refractivity contribution in [1.29, 1.82) is 0 Å². The van der Waals surface area contributed by atoms with E-state index in [0.717, 1.165) is 72.6 Å². The Bertz CT molecular complexity index is 1030. The Morgan fingerprint density at radius 3 is 2.11 bits per heavy atom. The molecule has 1 aromatic heterocycles. The Balaban J connectivity index is 1.49. The summed E-state index contributed by atoms with van der Waals surface area (Å²) in [6.07, 6.45) is 0. The molecule has 4 nitrogen and oxygen atoms in total. The van der Waals surface area contributed by atoms with Crippen LogP contribution in [0.15, 0.2) is 47.3 Å². The second-order valence-corrected chi connectivity index (χ2v) is 8.35. The van der Waals surface area contributed by atoms with E-state index in [9.17, 15) is 4.79 Å². The maximum Gasteiger partial charge on any atom is 0.198 e. The van der Waals surface area contributed by atoms with Gasteiger partial charge >= 0.3 is 0 Å².